The van der Waals surface area contributed by atoms with Crippen molar-refractivity contribution in [3.05, 3.63) is 0 Å². The van der Waals surface area contributed by atoms with Gasteiger partial charge in [-0.2, -0.15) is 11.8 Å². The van der Waals surface area contributed by atoms with Crippen molar-refractivity contribution in [2.24, 2.45) is 22.7 Å². The number of carbonyl (C=O) groups excluding carboxylic acids is 2. The molecule has 0 saturated carbocycles. The molecule has 2 saturated heterocycles. The minimum atomic E-state index is -0.0162. The number of hydrogen-bond acceptors (Lipinski definition) is 5. The Morgan fingerprint density at radius 1 is 0.800 bits per heavy atom. The lowest BCUT2D eigenvalue weighted by Gasteiger charge is -2.38. The normalized spacial score (nSPS) is 23.5. The molecule has 25 heavy (non-hydrogen) atoms. The second kappa shape index (κ2) is 8.79. The van der Waals surface area contributed by atoms with Crippen LogP contribution < -0.4 is 0 Å². The first-order chi connectivity index (χ1) is 11.7. The largest absolute Gasteiger partial charge is 0.464 e. The summed E-state index contributed by atoms with van der Waals surface area (Å²) in [5.74, 6) is 2.58. The predicted molar refractivity (Wildman–Crippen MR) is 101 cm³/mol. The Labute approximate surface area is 156 Å². The molecule has 2 heterocycles. The lowest BCUT2D eigenvalue weighted by atomic mass is 9.74. The van der Waals surface area contributed by atoms with Gasteiger partial charge in [0.2, 0.25) is 0 Å². The third kappa shape index (κ3) is 5.63. The zero-order chi connectivity index (χ0) is 18.5. The van der Waals surface area contributed by atoms with Crippen LogP contribution in [0.4, 0.5) is 0 Å². The standard InChI is InChI=1S/C20H34O4S/c1-19(2,15-13-23-17(15)21)9-5-7-11-25-12-8-6-10-20(3,4)16-14-24-18(16)22/h15-16H,5-14H2,1-4H3. The van der Waals surface area contributed by atoms with Gasteiger partial charge in [0.25, 0.3) is 0 Å². The third-order valence-electron chi connectivity index (χ3n) is 5.96. The molecule has 2 aliphatic rings. The molecule has 144 valence electrons. The van der Waals surface area contributed by atoms with E-state index < -0.39 is 0 Å². The number of hydrogen-bond donors (Lipinski definition) is 0. The lowest BCUT2D eigenvalue weighted by molar-refractivity contribution is -0.179. The molecule has 2 atom stereocenters. The molecule has 0 amide bonds. The zero-order valence-corrected chi connectivity index (χ0v) is 17.1. The van der Waals surface area contributed by atoms with Gasteiger partial charge in [-0.05, 0) is 48.0 Å². The Morgan fingerprint density at radius 3 is 1.48 bits per heavy atom. The van der Waals surface area contributed by atoms with Crippen molar-refractivity contribution in [2.75, 3.05) is 24.7 Å². The minimum Gasteiger partial charge on any atom is -0.464 e. The smallest absolute Gasteiger partial charge is 0.312 e. The van der Waals surface area contributed by atoms with Crippen molar-refractivity contribution in [3.63, 3.8) is 0 Å². The van der Waals surface area contributed by atoms with Gasteiger partial charge in [-0.25, -0.2) is 0 Å². The van der Waals surface area contributed by atoms with Crippen LogP contribution in [0.3, 0.4) is 0 Å². The van der Waals surface area contributed by atoms with Gasteiger partial charge in [0.05, 0.1) is 11.8 Å². The molecule has 2 unspecified atom stereocenters. The summed E-state index contributed by atoms with van der Waals surface area (Å²) >= 11 is 2.03. The number of rotatable bonds is 12. The maximum atomic E-state index is 11.4. The molecule has 0 aromatic carbocycles. The van der Waals surface area contributed by atoms with Crippen LogP contribution in [0.5, 0.6) is 0 Å². The van der Waals surface area contributed by atoms with Crippen molar-refractivity contribution in [1.29, 1.82) is 0 Å². The van der Waals surface area contributed by atoms with Gasteiger partial charge >= 0.3 is 11.9 Å². The van der Waals surface area contributed by atoms with E-state index in [1.54, 1.807) is 0 Å². The fourth-order valence-corrected chi connectivity index (χ4v) is 4.60. The molecule has 0 aromatic heterocycles. The maximum Gasteiger partial charge on any atom is 0.312 e. The second-order valence-electron chi connectivity index (χ2n) is 8.87. The van der Waals surface area contributed by atoms with Crippen molar-refractivity contribution in [2.45, 2.75) is 66.2 Å². The van der Waals surface area contributed by atoms with Crippen LogP contribution in [0.25, 0.3) is 0 Å². The van der Waals surface area contributed by atoms with E-state index in [9.17, 15) is 9.59 Å². The summed E-state index contributed by atoms with van der Waals surface area (Å²) in [6.45, 7) is 9.95. The van der Waals surface area contributed by atoms with E-state index in [4.69, 9.17) is 9.47 Å². The maximum absolute atomic E-state index is 11.4. The van der Waals surface area contributed by atoms with E-state index in [2.05, 4.69) is 27.7 Å². The Balaban J connectivity index is 1.44. The number of thioether (sulfide) groups is 1. The summed E-state index contributed by atoms with van der Waals surface area (Å²) in [6.07, 6.45) is 6.99. The summed E-state index contributed by atoms with van der Waals surface area (Å²) in [5, 5.41) is 0. The SMILES string of the molecule is CC(C)(CCCCSCCCCC(C)(C)C1COC1=O)C1COC1=O. The minimum absolute atomic E-state index is 0.0162. The highest BCUT2D eigenvalue weighted by atomic mass is 32.2. The Bertz CT molecular complexity index is 430. The third-order valence-corrected chi connectivity index (χ3v) is 7.11. The molecule has 0 aromatic rings. The number of ether oxygens (including phenoxy) is 2. The topological polar surface area (TPSA) is 52.6 Å². The first kappa shape index (κ1) is 20.6. The molecule has 0 aliphatic carbocycles. The van der Waals surface area contributed by atoms with Gasteiger partial charge in [-0.15, -0.1) is 0 Å². The monoisotopic (exact) mass is 370 g/mol. The Hall–Kier alpha value is -0.710. The molecular weight excluding hydrogens is 336 g/mol. The van der Waals surface area contributed by atoms with Crippen LogP contribution in [0.1, 0.15) is 66.2 Å². The van der Waals surface area contributed by atoms with Crippen molar-refractivity contribution < 1.29 is 19.1 Å². The van der Waals surface area contributed by atoms with E-state index in [0.717, 1.165) is 12.8 Å². The molecule has 0 spiro atoms. The first-order valence-electron chi connectivity index (χ1n) is 9.65. The predicted octanol–water partition coefficient (Wildman–Crippen LogP) is 4.46. The van der Waals surface area contributed by atoms with Crippen molar-refractivity contribution in [1.82, 2.24) is 0 Å². The summed E-state index contributed by atoms with van der Waals surface area (Å²) in [5.41, 5.74) is 0.155. The van der Waals surface area contributed by atoms with Gasteiger partial charge in [-0.3, -0.25) is 9.59 Å². The van der Waals surface area contributed by atoms with E-state index in [0.29, 0.717) is 13.2 Å². The van der Waals surface area contributed by atoms with Gasteiger partial charge in [0.1, 0.15) is 13.2 Å². The highest BCUT2D eigenvalue weighted by Crippen LogP contribution is 2.39. The number of unbranched alkanes of at least 4 members (excludes halogenated alkanes) is 2. The van der Waals surface area contributed by atoms with Crippen LogP contribution >= 0.6 is 11.8 Å². The van der Waals surface area contributed by atoms with Crippen molar-refractivity contribution in [3.8, 4) is 0 Å². The molecule has 4 nitrogen and oxygen atoms in total. The average Bonchev–Trinajstić information content (AvgIpc) is 2.49. The highest BCUT2D eigenvalue weighted by molar-refractivity contribution is 7.99. The fraction of sp³-hybridized carbons (Fsp3) is 0.900. The van der Waals surface area contributed by atoms with Crippen LogP contribution in [0.2, 0.25) is 0 Å². The van der Waals surface area contributed by atoms with Crippen LogP contribution in [-0.4, -0.2) is 36.7 Å². The van der Waals surface area contributed by atoms with E-state index in [1.807, 2.05) is 11.8 Å². The van der Waals surface area contributed by atoms with Crippen LogP contribution in [0, 0.1) is 22.7 Å². The van der Waals surface area contributed by atoms with Gasteiger partial charge in [0, 0.05) is 0 Å². The molecule has 0 N–H and O–H groups in total. The van der Waals surface area contributed by atoms with Gasteiger partial charge in [-0.1, -0.05) is 40.5 Å². The average molecular weight is 371 g/mol. The van der Waals surface area contributed by atoms with Crippen LogP contribution in [-0.2, 0) is 19.1 Å². The van der Waals surface area contributed by atoms with Gasteiger partial charge in [0.15, 0.2) is 0 Å². The molecule has 2 fully saturated rings. The zero-order valence-electron chi connectivity index (χ0n) is 16.3. The fourth-order valence-electron chi connectivity index (χ4n) is 3.58. The molecule has 5 heteroatoms. The number of carbonyl (C=O) groups is 2. The summed E-state index contributed by atoms with van der Waals surface area (Å²) in [6, 6.07) is 0. The van der Waals surface area contributed by atoms with Gasteiger partial charge < -0.3 is 9.47 Å². The Kier molecular flexibility index (Phi) is 7.24. The molecule has 2 aliphatic heterocycles. The molecular formula is C20H34O4S. The molecule has 0 radical (unpaired) electrons. The summed E-state index contributed by atoms with van der Waals surface area (Å²) < 4.78 is 9.80. The van der Waals surface area contributed by atoms with E-state index in [-0.39, 0.29) is 34.6 Å². The quantitative estimate of drug-likeness (QED) is 0.375. The number of esters is 2. The van der Waals surface area contributed by atoms with Crippen LogP contribution in [0.15, 0.2) is 0 Å². The first-order valence-corrected chi connectivity index (χ1v) is 10.8. The molecule has 0 bridgehead atoms. The van der Waals surface area contributed by atoms with Crippen molar-refractivity contribution >= 4 is 23.7 Å². The van der Waals surface area contributed by atoms with E-state index in [1.165, 1.54) is 37.2 Å². The van der Waals surface area contributed by atoms with E-state index >= 15 is 0 Å². The highest BCUT2D eigenvalue weighted by Gasteiger charge is 2.43. The second-order valence-corrected chi connectivity index (χ2v) is 10.1. The summed E-state index contributed by atoms with van der Waals surface area (Å²) in [7, 11) is 0. The Morgan fingerprint density at radius 2 is 1.20 bits per heavy atom. The lowest BCUT2D eigenvalue weighted by Crippen LogP contribution is -2.44. The number of cyclic esters (lactones) is 2. The summed E-state index contributed by atoms with van der Waals surface area (Å²) in [4.78, 5) is 22.8. The molecule has 2 rings (SSSR count).